The summed E-state index contributed by atoms with van der Waals surface area (Å²) in [5.41, 5.74) is 7.02. The van der Waals surface area contributed by atoms with Gasteiger partial charge in [-0.1, -0.05) is 32.4 Å². The quantitative estimate of drug-likeness (QED) is 0.783. The molecule has 0 aromatic heterocycles. The lowest BCUT2D eigenvalue weighted by Crippen LogP contribution is -2.19. The Bertz CT molecular complexity index is 377. The molecule has 0 saturated carbocycles. The zero-order chi connectivity index (χ0) is 14.3. The minimum Gasteiger partial charge on any atom is -0.493 e. The van der Waals surface area contributed by atoms with Gasteiger partial charge >= 0.3 is 0 Å². The molecule has 2 unspecified atom stereocenters. The highest BCUT2D eigenvalue weighted by atomic mass is 16.5. The van der Waals surface area contributed by atoms with Gasteiger partial charge in [0.05, 0.1) is 13.7 Å². The minimum atomic E-state index is 0.113. The Balaban J connectivity index is 2.82. The predicted molar refractivity (Wildman–Crippen MR) is 79.9 cm³/mol. The summed E-state index contributed by atoms with van der Waals surface area (Å²) in [4.78, 5) is 0. The summed E-state index contributed by atoms with van der Waals surface area (Å²) >= 11 is 0. The summed E-state index contributed by atoms with van der Waals surface area (Å²) in [5, 5.41) is 0. The third-order valence-electron chi connectivity index (χ3n) is 3.12. The predicted octanol–water partition coefficient (Wildman–Crippen LogP) is 3.40. The van der Waals surface area contributed by atoms with Crippen molar-refractivity contribution < 1.29 is 9.47 Å². The Morgan fingerprint density at radius 1 is 1.26 bits per heavy atom. The normalized spacial score (nSPS) is 13.9. The molecule has 3 heteroatoms. The number of hydrogen-bond donors (Lipinski definition) is 1. The van der Waals surface area contributed by atoms with Crippen molar-refractivity contribution in [3.8, 4) is 11.5 Å². The number of methoxy groups -OCH3 is 1. The second-order valence-corrected chi connectivity index (χ2v) is 5.33. The van der Waals surface area contributed by atoms with Crippen LogP contribution in [0.2, 0.25) is 0 Å². The second-order valence-electron chi connectivity index (χ2n) is 5.33. The zero-order valence-corrected chi connectivity index (χ0v) is 12.6. The minimum absolute atomic E-state index is 0.113. The lowest BCUT2D eigenvalue weighted by Gasteiger charge is -2.18. The average Bonchev–Trinajstić information content (AvgIpc) is 2.36. The van der Waals surface area contributed by atoms with Gasteiger partial charge in [0.15, 0.2) is 11.5 Å². The number of nitrogens with two attached hydrogens (primary N) is 1. The van der Waals surface area contributed by atoms with Crippen LogP contribution in [0.25, 0.3) is 0 Å². The van der Waals surface area contributed by atoms with Crippen molar-refractivity contribution >= 4 is 0 Å². The fourth-order valence-corrected chi connectivity index (χ4v) is 2.20. The van der Waals surface area contributed by atoms with Crippen molar-refractivity contribution in [2.45, 2.75) is 46.1 Å². The molecular formula is C16H27NO2. The van der Waals surface area contributed by atoms with E-state index < -0.39 is 0 Å². The zero-order valence-electron chi connectivity index (χ0n) is 12.6. The molecule has 2 atom stereocenters. The highest BCUT2D eigenvalue weighted by Crippen LogP contribution is 2.32. The van der Waals surface area contributed by atoms with E-state index in [4.69, 9.17) is 15.2 Å². The topological polar surface area (TPSA) is 44.5 Å². The molecule has 1 rings (SSSR count). The van der Waals surface area contributed by atoms with E-state index in [1.165, 1.54) is 12.8 Å². The standard InChI is InChI=1S/C16H27NO2/c1-5-7-12(2)11-19-16-14(10-13(3)17)8-6-9-15(16)18-4/h6,8-9,12-13H,5,7,10-11,17H2,1-4H3. The van der Waals surface area contributed by atoms with E-state index in [1.807, 2.05) is 19.1 Å². The molecule has 0 spiro atoms. The van der Waals surface area contributed by atoms with E-state index in [2.05, 4.69) is 19.9 Å². The number of para-hydroxylation sites is 1. The third kappa shape index (κ3) is 5.11. The highest BCUT2D eigenvalue weighted by molar-refractivity contribution is 5.47. The molecule has 0 amide bonds. The summed E-state index contributed by atoms with van der Waals surface area (Å²) in [7, 11) is 1.67. The summed E-state index contributed by atoms with van der Waals surface area (Å²) < 4.78 is 11.4. The van der Waals surface area contributed by atoms with Crippen molar-refractivity contribution in [2.24, 2.45) is 11.7 Å². The second kappa shape index (κ2) is 8.05. The number of benzene rings is 1. The number of ether oxygens (including phenoxy) is 2. The van der Waals surface area contributed by atoms with Gasteiger partial charge in [-0.15, -0.1) is 0 Å². The van der Waals surface area contributed by atoms with Gasteiger partial charge in [0.25, 0.3) is 0 Å². The Hall–Kier alpha value is -1.22. The van der Waals surface area contributed by atoms with Gasteiger partial charge in [-0.05, 0) is 37.3 Å². The fraction of sp³-hybridized carbons (Fsp3) is 0.625. The smallest absolute Gasteiger partial charge is 0.164 e. The van der Waals surface area contributed by atoms with Gasteiger partial charge < -0.3 is 15.2 Å². The van der Waals surface area contributed by atoms with Gasteiger partial charge in [-0.25, -0.2) is 0 Å². The maximum atomic E-state index is 5.99. The molecule has 1 aromatic rings. The molecule has 0 heterocycles. The first-order valence-corrected chi connectivity index (χ1v) is 7.12. The molecule has 3 nitrogen and oxygen atoms in total. The maximum Gasteiger partial charge on any atom is 0.164 e. The Kier molecular flexibility index (Phi) is 6.71. The summed E-state index contributed by atoms with van der Waals surface area (Å²) in [6.45, 7) is 7.13. The SMILES string of the molecule is CCCC(C)COc1c(CC(C)N)cccc1OC. The molecule has 2 N–H and O–H groups in total. The molecule has 0 radical (unpaired) electrons. The largest absolute Gasteiger partial charge is 0.493 e. The van der Waals surface area contributed by atoms with E-state index in [-0.39, 0.29) is 6.04 Å². The summed E-state index contributed by atoms with van der Waals surface area (Å²) in [5.74, 6) is 2.20. The Labute approximate surface area is 117 Å². The van der Waals surface area contributed by atoms with E-state index in [0.717, 1.165) is 30.1 Å². The van der Waals surface area contributed by atoms with E-state index in [9.17, 15) is 0 Å². The maximum absolute atomic E-state index is 5.99. The number of rotatable bonds is 8. The first kappa shape index (κ1) is 15.8. The average molecular weight is 265 g/mol. The summed E-state index contributed by atoms with van der Waals surface area (Å²) in [6, 6.07) is 6.09. The van der Waals surface area contributed by atoms with Crippen LogP contribution in [0.15, 0.2) is 18.2 Å². The first-order chi connectivity index (χ1) is 9.08. The fourth-order valence-electron chi connectivity index (χ4n) is 2.20. The van der Waals surface area contributed by atoms with Gasteiger partial charge in [0.2, 0.25) is 0 Å². The van der Waals surface area contributed by atoms with Crippen molar-refractivity contribution in [3.63, 3.8) is 0 Å². The molecule has 1 aromatic carbocycles. The first-order valence-electron chi connectivity index (χ1n) is 7.12. The van der Waals surface area contributed by atoms with Gasteiger partial charge in [0, 0.05) is 6.04 Å². The molecule has 0 bridgehead atoms. The lowest BCUT2D eigenvalue weighted by molar-refractivity contribution is 0.238. The van der Waals surface area contributed by atoms with E-state index in [1.54, 1.807) is 7.11 Å². The van der Waals surface area contributed by atoms with Crippen LogP contribution in [0.4, 0.5) is 0 Å². The molecular weight excluding hydrogens is 238 g/mol. The van der Waals surface area contributed by atoms with E-state index >= 15 is 0 Å². The summed E-state index contributed by atoms with van der Waals surface area (Å²) in [6.07, 6.45) is 3.16. The molecule has 0 aliphatic carbocycles. The van der Waals surface area contributed by atoms with Crippen molar-refractivity contribution in [2.75, 3.05) is 13.7 Å². The lowest BCUT2D eigenvalue weighted by atomic mass is 10.1. The monoisotopic (exact) mass is 265 g/mol. The molecule has 108 valence electrons. The van der Waals surface area contributed by atoms with E-state index in [0.29, 0.717) is 5.92 Å². The van der Waals surface area contributed by atoms with Crippen LogP contribution in [0.1, 0.15) is 39.2 Å². The van der Waals surface area contributed by atoms with Crippen molar-refractivity contribution in [1.29, 1.82) is 0 Å². The van der Waals surface area contributed by atoms with Crippen LogP contribution in [0, 0.1) is 5.92 Å². The van der Waals surface area contributed by atoms with Crippen LogP contribution in [-0.2, 0) is 6.42 Å². The highest BCUT2D eigenvalue weighted by Gasteiger charge is 2.13. The molecule has 0 aliphatic heterocycles. The molecule has 0 fully saturated rings. The third-order valence-corrected chi connectivity index (χ3v) is 3.12. The number of hydrogen-bond acceptors (Lipinski definition) is 3. The van der Waals surface area contributed by atoms with Crippen molar-refractivity contribution in [3.05, 3.63) is 23.8 Å². The van der Waals surface area contributed by atoms with Crippen molar-refractivity contribution in [1.82, 2.24) is 0 Å². The van der Waals surface area contributed by atoms with Crippen LogP contribution in [-0.4, -0.2) is 19.8 Å². The van der Waals surface area contributed by atoms with Crippen LogP contribution in [0.5, 0.6) is 11.5 Å². The Morgan fingerprint density at radius 3 is 2.58 bits per heavy atom. The van der Waals surface area contributed by atoms with Crippen LogP contribution in [0.3, 0.4) is 0 Å². The van der Waals surface area contributed by atoms with Gasteiger partial charge in [-0.2, -0.15) is 0 Å². The van der Waals surface area contributed by atoms with Gasteiger partial charge in [0.1, 0.15) is 0 Å². The van der Waals surface area contributed by atoms with Crippen LogP contribution >= 0.6 is 0 Å². The molecule has 0 saturated heterocycles. The Morgan fingerprint density at radius 2 is 2.00 bits per heavy atom. The molecule has 0 aliphatic rings. The molecule has 19 heavy (non-hydrogen) atoms. The van der Waals surface area contributed by atoms with Crippen LogP contribution < -0.4 is 15.2 Å². The van der Waals surface area contributed by atoms with Gasteiger partial charge in [-0.3, -0.25) is 0 Å².